The smallest absolute Gasteiger partial charge is 0.258 e. The van der Waals surface area contributed by atoms with Gasteiger partial charge in [0.25, 0.3) is 5.89 Å². The van der Waals surface area contributed by atoms with Gasteiger partial charge in [0.05, 0.1) is 5.38 Å². The van der Waals surface area contributed by atoms with Crippen LogP contribution >= 0.6 is 11.6 Å². The largest absolute Gasteiger partial charge is 0.334 e. The Morgan fingerprint density at radius 3 is 2.78 bits per heavy atom. The van der Waals surface area contributed by atoms with Gasteiger partial charge in [-0.2, -0.15) is 4.98 Å². The highest BCUT2D eigenvalue weighted by Gasteiger charge is 2.16. The lowest BCUT2D eigenvalue weighted by Gasteiger charge is -2.02. The van der Waals surface area contributed by atoms with Gasteiger partial charge in [-0.05, 0) is 31.9 Å². The van der Waals surface area contributed by atoms with Crippen LogP contribution in [0, 0.1) is 13.8 Å². The maximum absolute atomic E-state index is 6.19. The highest BCUT2D eigenvalue weighted by atomic mass is 35.5. The van der Waals surface area contributed by atoms with Crippen LogP contribution in [-0.2, 0) is 0 Å². The zero-order chi connectivity index (χ0) is 13.1. The number of aromatic nitrogens is 2. The number of aryl methyl sites for hydroxylation is 2. The first kappa shape index (κ1) is 13.1. The molecule has 0 amide bonds. The summed E-state index contributed by atoms with van der Waals surface area (Å²) < 4.78 is 5.29. The van der Waals surface area contributed by atoms with E-state index in [0.29, 0.717) is 11.7 Å². The van der Waals surface area contributed by atoms with Crippen molar-refractivity contribution in [2.75, 3.05) is 0 Å². The van der Waals surface area contributed by atoms with E-state index in [1.807, 2.05) is 19.1 Å². The summed E-state index contributed by atoms with van der Waals surface area (Å²) in [6, 6.07) is 6.14. The minimum atomic E-state index is -0.168. The van der Waals surface area contributed by atoms with Gasteiger partial charge in [-0.1, -0.05) is 36.2 Å². The van der Waals surface area contributed by atoms with Crippen LogP contribution in [0.3, 0.4) is 0 Å². The summed E-state index contributed by atoms with van der Waals surface area (Å²) in [4.78, 5) is 4.38. The molecule has 0 bridgehead atoms. The molecule has 1 heterocycles. The molecule has 1 aromatic heterocycles. The number of hydrogen-bond acceptors (Lipinski definition) is 3. The van der Waals surface area contributed by atoms with Gasteiger partial charge in [0.2, 0.25) is 0 Å². The van der Waals surface area contributed by atoms with E-state index in [9.17, 15) is 0 Å². The van der Waals surface area contributed by atoms with Gasteiger partial charge in [-0.25, -0.2) is 0 Å². The maximum Gasteiger partial charge on any atom is 0.258 e. The van der Waals surface area contributed by atoms with Gasteiger partial charge in [-0.15, -0.1) is 11.6 Å². The van der Waals surface area contributed by atoms with Crippen LogP contribution in [-0.4, -0.2) is 10.1 Å². The van der Waals surface area contributed by atoms with Gasteiger partial charge in [-0.3, -0.25) is 0 Å². The van der Waals surface area contributed by atoms with Gasteiger partial charge < -0.3 is 4.52 Å². The lowest BCUT2D eigenvalue weighted by Crippen LogP contribution is -1.92. The van der Waals surface area contributed by atoms with E-state index in [2.05, 4.69) is 30.1 Å². The summed E-state index contributed by atoms with van der Waals surface area (Å²) in [6.07, 6.45) is 1.86. The second-order valence-corrected chi connectivity index (χ2v) is 5.06. The summed E-state index contributed by atoms with van der Waals surface area (Å²) in [6.45, 7) is 6.18. The molecule has 0 fully saturated rings. The lowest BCUT2D eigenvalue weighted by atomic mass is 10.1. The molecule has 1 aromatic carbocycles. The average Bonchev–Trinajstić information content (AvgIpc) is 2.78. The molecule has 18 heavy (non-hydrogen) atoms. The van der Waals surface area contributed by atoms with E-state index in [1.54, 1.807) is 0 Å². The van der Waals surface area contributed by atoms with Crippen molar-refractivity contribution < 1.29 is 4.52 Å². The van der Waals surface area contributed by atoms with Gasteiger partial charge in [0.15, 0.2) is 5.82 Å². The molecule has 4 heteroatoms. The second kappa shape index (κ2) is 5.53. The van der Waals surface area contributed by atoms with Crippen molar-refractivity contribution in [2.24, 2.45) is 0 Å². The van der Waals surface area contributed by atoms with Crippen molar-refractivity contribution in [3.8, 4) is 11.5 Å². The third-order valence-corrected chi connectivity index (χ3v) is 3.29. The molecule has 1 unspecified atom stereocenters. The molecule has 0 aliphatic carbocycles. The topological polar surface area (TPSA) is 38.9 Å². The molecule has 0 saturated heterocycles. The van der Waals surface area contributed by atoms with Crippen molar-refractivity contribution in [2.45, 2.75) is 39.0 Å². The third kappa shape index (κ3) is 2.72. The van der Waals surface area contributed by atoms with Crippen LogP contribution in [0.15, 0.2) is 22.7 Å². The van der Waals surface area contributed by atoms with Crippen LogP contribution in [0.4, 0.5) is 0 Å². The standard InChI is InChI=1S/C14H17ClN2O/c1-4-5-12(15)13-16-14(18-17-13)11-7-6-9(2)8-10(11)3/h6-8,12H,4-5H2,1-3H3. The van der Waals surface area contributed by atoms with E-state index < -0.39 is 0 Å². The molecule has 0 saturated carbocycles. The average molecular weight is 265 g/mol. The summed E-state index contributed by atoms with van der Waals surface area (Å²) >= 11 is 6.19. The molecule has 0 radical (unpaired) electrons. The number of benzene rings is 1. The maximum atomic E-state index is 6.19. The Bertz CT molecular complexity index is 536. The van der Waals surface area contributed by atoms with Crippen LogP contribution in [0.25, 0.3) is 11.5 Å². The first-order valence-electron chi connectivity index (χ1n) is 6.17. The second-order valence-electron chi connectivity index (χ2n) is 4.53. The molecule has 0 spiro atoms. The zero-order valence-corrected chi connectivity index (χ0v) is 11.7. The lowest BCUT2D eigenvalue weighted by molar-refractivity contribution is 0.420. The van der Waals surface area contributed by atoms with E-state index in [4.69, 9.17) is 16.1 Å². The molecular formula is C14H17ClN2O. The normalized spacial score (nSPS) is 12.7. The van der Waals surface area contributed by atoms with Crippen LogP contribution in [0.1, 0.15) is 42.1 Å². The van der Waals surface area contributed by atoms with E-state index >= 15 is 0 Å². The summed E-state index contributed by atoms with van der Waals surface area (Å²) in [7, 11) is 0. The first-order chi connectivity index (χ1) is 8.61. The highest BCUT2D eigenvalue weighted by Crippen LogP contribution is 2.27. The molecule has 0 aliphatic heterocycles. The van der Waals surface area contributed by atoms with Crippen LogP contribution in [0.5, 0.6) is 0 Å². The van der Waals surface area contributed by atoms with Crippen molar-refractivity contribution in [3.63, 3.8) is 0 Å². The van der Waals surface area contributed by atoms with Crippen molar-refractivity contribution >= 4 is 11.6 Å². The predicted octanol–water partition coefficient (Wildman–Crippen LogP) is 4.43. The molecule has 96 valence electrons. The Balaban J connectivity index is 2.29. The molecule has 0 N–H and O–H groups in total. The van der Waals surface area contributed by atoms with Crippen LogP contribution < -0.4 is 0 Å². The molecule has 3 nitrogen and oxygen atoms in total. The Morgan fingerprint density at radius 2 is 2.11 bits per heavy atom. The predicted molar refractivity (Wildman–Crippen MR) is 72.7 cm³/mol. The Morgan fingerprint density at radius 1 is 1.33 bits per heavy atom. The number of rotatable bonds is 4. The fourth-order valence-electron chi connectivity index (χ4n) is 1.91. The number of hydrogen-bond donors (Lipinski definition) is 0. The monoisotopic (exact) mass is 264 g/mol. The molecule has 2 aromatic rings. The van der Waals surface area contributed by atoms with Gasteiger partial charge >= 0.3 is 0 Å². The first-order valence-corrected chi connectivity index (χ1v) is 6.60. The highest BCUT2D eigenvalue weighted by molar-refractivity contribution is 6.20. The van der Waals surface area contributed by atoms with Gasteiger partial charge in [0, 0.05) is 5.56 Å². The SMILES string of the molecule is CCCC(Cl)c1noc(-c2ccc(C)cc2C)n1. The fourth-order valence-corrected chi connectivity index (χ4v) is 2.21. The van der Waals surface area contributed by atoms with E-state index in [-0.39, 0.29) is 5.38 Å². The zero-order valence-electron chi connectivity index (χ0n) is 10.9. The minimum Gasteiger partial charge on any atom is -0.334 e. The minimum absolute atomic E-state index is 0.168. The number of halogens is 1. The van der Waals surface area contributed by atoms with Crippen molar-refractivity contribution in [3.05, 3.63) is 35.2 Å². The van der Waals surface area contributed by atoms with E-state index in [1.165, 1.54) is 5.56 Å². The molecular weight excluding hydrogens is 248 g/mol. The van der Waals surface area contributed by atoms with E-state index in [0.717, 1.165) is 24.0 Å². The number of nitrogens with zero attached hydrogens (tertiary/aromatic N) is 2. The Hall–Kier alpha value is -1.35. The van der Waals surface area contributed by atoms with Crippen molar-refractivity contribution in [1.82, 2.24) is 10.1 Å². The fraction of sp³-hybridized carbons (Fsp3) is 0.429. The molecule has 1 atom stereocenters. The quantitative estimate of drug-likeness (QED) is 0.767. The van der Waals surface area contributed by atoms with Gasteiger partial charge in [0.1, 0.15) is 0 Å². The third-order valence-electron chi connectivity index (χ3n) is 2.88. The van der Waals surface area contributed by atoms with Crippen LogP contribution in [0.2, 0.25) is 0 Å². The summed E-state index contributed by atoms with van der Waals surface area (Å²) in [5, 5.41) is 3.79. The van der Waals surface area contributed by atoms with Crippen molar-refractivity contribution in [1.29, 1.82) is 0 Å². The summed E-state index contributed by atoms with van der Waals surface area (Å²) in [5.41, 5.74) is 3.32. The molecule has 2 rings (SSSR count). The number of alkyl halides is 1. The Kier molecular flexibility index (Phi) is 4.02. The molecule has 0 aliphatic rings. The summed E-state index contributed by atoms with van der Waals surface area (Å²) in [5.74, 6) is 1.12. The Labute approximate surface area is 112 Å².